The van der Waals surface area contributed by atoms with Gasteiger partial charge in [0, 0.05) is 24.6 Å². The van der Waals surface area contributed by atoms with Crippen molar-refractivity contribution in [2.75, 3.05) is 31.8 Å². The number of carbonyl (C=O) groups is 4. The number of ether oxygens (including phenoxy) is 1. The van der Waals surface area contributed by atoms with Crippen LogP contribution in [0.5, 0.6) is 0 Å². The fourth-order valence-electron chi connectivity index (χ4n) is 2.32. The highest BCUT2D eigenvalue weighted by Gasteiger charge is 2.17. The maximum absolute atomic E-state index is 12.4. The van der Waals surface area contributed by atoms with Crippen molar-refractivity contribution in [1.82, 2.24) is 4.90 Å². The summed E-state index contributed by atoms with van der Waals surface area (Å²) in [7, 11) is 3.32. The van der Waals surface area contributed by atoms with Crippen LogP contribution in [0.25, 0.3) is 0 Å². The van der Waals surface area contributed by atoms with E-state index >= 15 is 0 Å². The van der Waals surface area contributed by atoms with E-state index in [0.717, 1.165) is 0 Å². The SMILES string of the molecule is CC(=O)c1ccccc1NC(=O)COC(=O)c1ccccc1SCC(=O)N(C)C. The molecule has 1 N–H and O–H groups in total. The second-order valence-corrected chi connectivity index (χ2v) is 7.32. The lowest BCUT2D eigenvalue weighted by atomic mass is 10.1. The number of benzene rings is 2. The smallest absolute Gasteiger partial charge is 0.339 e. The third-order valence-electron chi connectivity index (χ3n) is 3.87. The molecule has 0 heterocycles. The molecule has 152 valence electrons. The summed E-state index contributed by atoms with van der Waals surface area (Å²) in [5.41, 5.74) is 1.01. The van der Waals surface area contributed by atoms with Gasteiger partial charge in [-0.05, 0) is 31.2 Å². The zero-order valence-corrected chi connectivity index (χ0v) is 17.2. The lowest BCUT2D eigenvalue weighted by Gasteiger charge is -2.12. The molecule has 2 amide bonds. The minimum Gasteiger partial charge on any atom is -0.452 e. The van der Waals surface area contributed by atoms with Crippen molar-refractivity contribution >= 4 is 41.0 Å². The first kappa shape index (κ1) is 22.2. The number of anilines is 1. The predicted molar refractivity (Wildman–Crippen MR) is 111 cm³/mol. The topological polar surface area (TPSA) is 92.8 Å². The highest BCUT2D eigenvalue weighted by molar-refractivity contribution is 8.00. The number of carbonyl (C=O) groups excluding carboxylic acids is 4. The van der Waals surface area contributed by atoms with E-state index < -0.39 is 18.5 Å². The van der Waals surface area contributed by atoms with E-state index in [9.17, 15) is 19.2 Å². The van der Waals surface area contributed by atoms with Crippen LogP contribution >= 0.6 is 11.8 Å². The van der Waals surface area contributed by atoms with E-state index in [1.807, 2.05) is 0 Å². The van der Waals surface area contributed by atoms with Crippen LogP contribution in [0, 0.1) is 0 Å². The molecule has 8 heteroatoms. The standard InChI is InChI=1S/C21H22N2O5S/c1-14(24)15-8-4-6-10-17(15)22-19(25)12-28-21(27)16-9-5-7-11-18(16)29-13-20(26)23(2)3/h4-11H,12-13H2,1-3H3,(H,22,25). The molecule has 0 aliphatic heterocycles. The Balaban J connectivity index is 1.98. The quantitative estimate of drug-likeness (QED) is 0.406. The summed E-state index contributed by atoms with van der Waals surface area (Å²) in [6.45, 7) is 0.904. The van der Waals surface area contributed by atoms with E-state index in [2.05, 4.69) is 5.32 Å². The average Bonchev–Trinajstić information content (AvgIpc) is 2.70. The van der Waals surface area contributed by atoms with Crippen LogP contribution in [0.1, 0.15) is 27.6 Å². The maximum atomic E-state index is 12.4. The summed E-state index contributed by atoms with van der Waals surface area (Å²) in [4.78, 5) is 50.0. The van der Waals surface area contributed by atoms with Gasteiger partial charge in [-0.15, -0.1) is 11.8 Å². The van der Waals surface area contributed by atoms with Crippen molar-refractivity contribution in [3.8, 4) is 0 Å². The van der Waals surface area contributed by atoms with Crippen LogP contribution in [0.4, 0.5) is 5.69 Å². The molecule has 2 aromatic rings. The zero-order valence-electron chi connectivity index (χ0n) is 16.4. The van der Waals surface area contributed by atoms with E-state index in [4.69, 9.17) is 4.74 Å². The van der Waals surface area contributed by atoms with Gasteiger partial charge in [0.05, 0.1) is 17.0 Å². The summed E-state index contributed by atoms with van der Waals surface area (Å²) < 4.78 is 5.11. The van der Waals surface area contributed by atoms with Crippen molar-refractivity contribution in [2.24, 2.45) is 0 Å². The molecule has 0 fully saturated rings. The normalized spacial score (nSPS) is 10.2. The summed E-state index contributed by atoms with van der Waals surface area (Å²) in [5, 5.41) is 2.57. The van der Waals surface area contributed by atoms with E-state index in [-0.39, 0.29) is 23.0 Å². The Morgan fingerprint density at radius 3 is 2.24 bits per heavy atom. The summed E-state index contributed by atoms with van der Waals surface area (Å²) in [6.07, 6.45) is 0. The average molecular weight is 414 g/mol. The maximum Gasteiger partial charge on any atom is 0.339 e. The van der Waals surface area contributed by atoms with Crippen LogP contribution in [0.2, 0.25) is 0 Å². The lowest BCUT2D eigenvalue weighted by Crippen LogP contribution is -2.24. The molecule has 0 bridgehead atoms. The summed E-state index contributed by atoms with van der Waals surface area (Å²) in [6, 6.07) is 13.3. The second-order valence-electron chi connectivity index (χ2n) is 6.30. The molecular formula is C21H22N2O5S. The van der Waals surface area contributed by atoms with E-state index in [0.29, 0.717) is 16.1 Å². The number of nitrogens with one attached hydrogen (secondary N) is 1. The number of thioether (sulfide) groups is 1. The van der Waals surface area contributed by atoms with Crippen LogP contribution in [-0.2, 0) is 14.3 Å². The third kappa shape index (κ3) is 6.46. The lowest BCUT2D eigenvalue weighted by molar-refractivity contribution is -0.125. The minimum absolute atomic E-state index is 0.0818. The van der Waals surface area contributed by atoms with Gasteiger partial charge in [0.1, 0.15) is 0 Å². The number of amides is 2. The number of Topliss-reactive ketones (excluding diaryl/α,β-unsaturated/α-hetero) is 1. The predicted octanol–water partition coefficient (Wildman–Crippen LogP) is 2.87. The number of para-hydroxylation sites is 1. The van der Waals surface area contributed by atoms with Crippen molar-refractivity contribution in [3.63, 3.8) is 0 Å². The minimum atomic E-state index is -0.666. The van der Waals surface area contributed by atoms with Gasteiger partial charge in [0.15, 0.2) is 12.4 Å². The molecule has 29 heavy (non-hydrogen) atoms. The number of ketones is 1. The Labute approximate surface area is 173 Å². The molecule has 0 aliphatic rings. The first-order valence-electron chi connectivity index (χ1n) is 8.78. The number of rotatable bonds is 8. The first-order valence-corrected chi connectivity index (χ1v) is 9.77. The Kier molecular flexibility index (Phi) is 7.97. The fraction of sp³-hybridized carbons (Fsp3) is 0.238. The summed E-state index contributed by atoms with van der Waals surface area (Å²) in [5.74, 6) is -1.31. The molecule has 0 spiro atoms. The number of hydrogen-bond donors (Lipinski definition) is 1. The Bertz CT molecular complexity index is 927. The van der Waals surface area contributed by atoms with Gasteiger partial charge in [0.25, 0.3) is 5.91 Å². The van der Waals surface area contributed by atoms with Crippen LogP contribution in [-0.4, -0.2) is 54.9 Å². The largest absolute Gasteiger partial charge is 0.452 e. The Hall–Kier alpha value is -3.13. The Morgan fingerprint density at radius 1 is 0.966 bits per heavy atom. The Morgan fingerprint density at radius 2 is 1.59 bits per heavy atom. The number of esters is 1. The van der Waals surface area contributed by atoms with Crippen molar-refractivity contribution in [1.29, 1.82) is 0 Å². The fourth-order valence-corrected chi connectivity index (χ4v) is 3.34. The number of hydrogen-bond acceptors (Lipinski definition) is 6. The van der Waals surface area contributed by atoms with Crippen molar-refractivity contribution in [2.45, 2.75) is 11.8 Å². The van der Waals surface area contributed by atoms with E-state index in [1.165, 1.54) is 23.6 Å². The van der Waals surface area contributed by atoms with Crippen molar-refractivity contribution < 1.29 is 23.9 Å². The highest BCUT2D eigenvalue weighted by Crippen LogP contribution is 2.23. The van der Waals surface area contributed by atoms with Gasteiger partial charge >= 0.3 is 5.97 Å². The zero-order chi connectivity index (χ0) is 21.4. The molecule has 0 saturated heterocycles. The molecule has 0 radical (unpaired) electrons. The molecule has 0 aliphatic carbocycles. The van der Waals surface area contributed by atoms with Crippen LogP contribution < -0.4 is 5.32 Å². The second kappa shape index (κ2) is 10.4. The molecule has 2 aromatic carbocycles. The van der Waals surface area contributed by atoms with Gasteiger partial charge in [-0.3, -0.25) is 14.4 Å². The molecule has 0 unspecified atom stereocenters. The van der Waals surface area contributed by atoms with Gasteiger partial charge in [0.2, 0.25) is 5.91 Å². The molecule has 7 nitrogen and oxygen atoms in total. The van der Waals surface area contributed by atoms with Gasteiger partial charge < -0.3 is 15.0 Å². The van der Waals surface area contributed by atoms with Gasteiger partial charge in [-0.25, -0.2) is 4.79 Å². The summed E-state index contributed by atoms with van der Waals surface area (Å²) >= 11 is 1.22. The molecule has 0 saturated carbocycles. The third-order valence-corrected chi connectivity index (χ3v) is 4.93. The van der Waals surface area contributed by atoms with Crippen LogP contribution in [0.15, 0.2) is 53.4 Å². The van der Waals surface area contributed by atoms with E-state index in [1.54, 1.807) is 62.6 Å². The highest BCUT2D eigenvalue weighted by atomic mass is 32.2. The van der Waals surface area contributed by atoms with Gasteiger partial charge in [-0.1, -0.05) is 24.3 Å². The molecule has 0 aromatic heterocycles. The molecule has 2 rings (SSSR count). The number of nitrogens with zero attached hydrogens (tertiary/aromatic N) is 1. The van der Waals surface area contributed by atoms with Gasteiger partial charge in [-0.2, -0.15) is 0 Å². The molecule has 0 atom stereocenters. The molecular weight excluding hydrogens is 392 g/mol. The van der Waals surface area contributed by atoms with Crippen LogP contribution in [0.3, 0.4) is 0 Å². The first-order chi connectivity index (χ1) is 13.8. The monoisotopic (exact) mass is 414 g/mol. The van der Waals surface area contributed by atoms with Crippen molar-refractivity contribution in [3.05, 3.63) is 59.7 Å².